The fraction of sp³-hybridized carbons (Fsp3) is 0.188. The van der Waals surface area contributed by atoms with E-state index in [1.807, 2.05) is 0 Å². The van der Waals surface area contributed by atoms with Crippen LogP contribution in [-0.2, 0) is 0 Å². The standard InChI is InChI=1S/C32H32N2/c1-25-15-19-27(20-16-25)31-32(28-21-17-26(2)18-22-28)34(30-13-7-4-8-14-30)24-10-9-23-33(31)29-11-5-3-6-12-29/h3-8,11-22H,9-10,23-24H2,1-2H3/b32-31-. The van der Waals surface area contributed by atoms with Crippen LogP contribution in [-0.4, -0.2) is 13.1 Å². The molecule has 0 unspecified atom stereocenters. The van der Waals surface area contributed by atoms with E-state index in [1.54, 1.807) is 0 Å². The van der Waals surface area contributed by atoms with Gasteiger partial charge in [0.2, 0.25) is 0 Å². The van der Waals surface area contributed by atoms with E-state index >= 15 is 0 Å². The van der Waals surface area contributed by atoms with E-state index in [1.165, 1.54) is 45.0 Å². The van der Waals surface area contributed by atoms with Gasteiger partial charge in [0.05, 0.1) is 11.4 Å². The molecule has 0 amide bonds. The smallest absolute Gasteiger partial charge is 0.0731 e. The molecule has 4 aromatic rings. The molecular weight excluding hydrogens is 412 g/mol. The molecule has 34 heavy (non-hydrogen) atoms. The Morgan fingerprint density at radius 3 is 1.15 bits per heavy atom. The largest absolute Gasteiger partial charge is 0.339 e. The number of anilines is 2. The minimum absolute atomic E-state index is 0.991. The summed E-state index contributed by atoms with van der Waals surface area (Å²) in [5, 5.41) is 0. The van der Waals surface area contributed by atoms with E-state index < -0.39 is 0 Å². The molecule has 0 bridgehead atoms. The summed E-state index contributed by atoms with van der Waals surface area (Å²) in [6.45, 7) is 6.29. The van der Waals surface area contributed by atoms with Crippen molar-refractivity contribution in [3.8, 4) is 0 Å². The first kappa shape index (κ1) is 22.0. The molecule has 0 radical (unpaired) electrons. The maximum absolute atomic E-state index is 2.52. The zero-order chi connectivity index (χ0) is 23.3. The highest BCUT2D eigenvalue weighted by atomic mass is 15.2. The first-order chi connectivity index (χ1) is 16.7. The van der Waals surface area contributed by atoms with Crippen LogP contribution in [0.5, 0.6) is 0 Å². The van der Waals surface area contributed by atoms with Crippen LogP contribution >= 0.6 is 0 Å². The van der Waals surface area contributed by atoms with Crippen molar-refractivity contribution < 1.29 is 0 Å². The Labute approximate surface area is 203 Å². The molecule has 2 nitrogen and oxygen atoms in total. The monoisotopic (exact) mass is 444 g/mol. The highest BCUT2D eigenvalue weighted by Gasteiger charge is 2.26. The Bertz CT molecular complexity index is 1140. The van der Waals surface area contributed by atoms with Gasteiger partial charge in [-0.25, -0.2) is 0 Å². The second-order valence-electron chi connectivity index (χ2n) is 9.11. The third-order valence-electron chi connectivity index (χ3n) is 6.56. The summed E-state index contributed by atoms with van der Waals surface area (Å²) < 4.78 is 0. The Hall–Kier alpha value is -3.78. The number of rotatable bonds is 4. The van der Waals surface area contributed by atoms with Gasteiger partial charge in [-0.2, -0.15) is 0 Å². The van der Waals surface area contributed by atoms with E-state index in [-0.39, 0.29) is 0 Å². The van der Waals surface area contributed by atoms with Crippen molar-refractivity contribution in [2.45, 2.75) is 26.7 Å². The highest BCUT2D eigenvalue weighted by Crippen LogP contribution is 2.39. The number of hydrogen-bond acceptors (Lipinski definition) is 2. The number of benzene rings is 4. The molecule has 0 fully saturated rings. The number of nitrogens with zero attached hydrogens (tertiary/aromatic N) is 2. The van der Waals surface area contributed by atoms with E-state index in [0.29, 0.717) is 0 Å². The topological polar surface area (TPSA) is 6.48 Å². The highest BCUT2D eigenvalue weighted by molar-refractivity contribution is 6.02. The van der Waals surface area contributed by atoms with Crippen LogP contribution in [0.4, 0.5) is 11.4 Å². The first-order valence-electron chi connectivity index (χ1n) is 12.2. The van der Waals surface area contributed by atoms with Crippen LogP contribution in [0.25, 0.3) is 11.4 Å². The van der Waals surface area contributed by atoms with Gasteiger partial charge < -0.3 is 9.80 Å². The van der Waals surface area contributed by atoms with Crippen LogP contribution in [0.3, 0.4) is 0 Å². The molecule has 1 aliphatic heterocycles. The first-order valence-corrected chi connectivity index (χ1v) is 12.2. The lowest BCUT2D eigenvalue weighted by molar-refractivity contribution is 0.721. The van der Waals surface area contributed by atoms with Crippen molar-refractivity contribution >= 4 is 22.8 Å². The Morgan fingerprint density at radius 1 is 0.441 bits per heavy atom. The summed E-state index contributed by atoms with van der Waals surface area (Å²) in [5.41, 5.74) is 10.0. The molecular formula is C32H32N2. The normalized spacial score (nSPS) is 16.8. The molecule has 0 spiro atoms. The second-order valence-corrected chi connectivity index (χ2v) is 9.11. The average Bonchev–Trinajstić information content (AvgIpc) is 2.87. The van der Waals surface area contributed by atoms with Crippen molar-refractivity contribution in [1.82, 2.24) is 0 Å². The average molecular weight is 445 g/mol. The Morgan fingerprint density at radius 2 is 0.794 bits per heavy atom. The Kier molecular flexibility index (Phi) is 6.49. The zero-order valence-electron chi connectivity index (χ0n) is 20.1. The van der Waals surface area contributed by atoms with E-state index in [2.05, 4.69) is 133 Å². The molecule has 2 heteroatoms. The quantitative estimate of drug-likeness (QED) is 0.315. The molecule has 1 aliphatic rings. The van der Waals surface area contributed by atoms with Crippen LogP contribution < -0.4 is 9.80 Å². The van der Waals surface area contributed by atoms with Gasteiger partial charge in [0.1, 0.15) is 0 Å². The maximum atomic E-state index is 2.52. The Balaban J connectivity index is 1.84. The number of hydrogen-bond donors (Lipinski definition) is 0. The molecule has 0 atom stereocenters. The fourth-order valence-corrected chi connectivity index (χ4v) is 4.76. The SMILES string of the molecule is Cc1ccc(/C2=C(\c3ccc(C)cc3)N(c3ccccc3)CCCCN2c2ccccc2)cc1. The summed E-state index contributed by atoms with van der Waals surface area (Å²) in [5.74, 6) is 0. The molecule has 0 aromatic heterocycles. The molecule has 0 N–H and O–H groups in total. The third kappa shape index (κ3) is 4.63. The molecule has 170 valence electrons. The summed E-state index contributed by atoms with van der Waals surface area (Å²) >= 11 is 0. The minimum Gasteiger partial charge on any atom is -0.339 e. The summed E-state index contributed by atoms with van der Waals surface area (Å²) in [6.07, 6.45) is 2.27. The van der Waals surface area contributed by atoms with Gasteiger partial charge in [-0.3, -0.25) is 0 Å². The summed E-state index contributed by atoms with van der Waals surface area (Å²) in [4.78, 5) is 5.05. The number of aryl methyl sites for hydroxylation is 2. The van der Waals surface area contributed by atoms with Crippen LogP contribution in [0.2, 0.25) is 0 Å². The van der Waals surface area contributed by atoms with E-state index in [0.717, 1.165) is 25.9 Å². The number of para-hydroxylation sites is 2. The maximum Gasteiger partial charge on any atom is 0.0731 e. The van der Waals surface area contributed by atoms with Crippen LogP contribution in [0.15, 0.2) is 109 Å². The van der Waals surface area contributed by atoms with Crippen molar-refractivity contribution in [2.24, 2.45) is 0 Å². The van der Waals surface area contributed by atoms with Crippen LogP contribution in [0, 0.1) is 13.8 Å². The molecule has 4 aromatic carbocycles. The molecule has 5 rings (SSSR count). The predicted molar refractivity (Wildman–Crippen MR) is 146 cm³/mol. The van der Waals surface area contributed by atoms with Gasteiger partial charge >= 0.3 is 0 Å². The lowest BCUT2D eigenvalue weighted by Crippen LogP contribution is -2.33. The van der Waals surface area contributed by atoms with Crippen molar-refractivity contribution in [1.29, 1.82) is 0 Å². The van der Waals surface area contributed by atoms with Crippen molar-refractivity contribution in [2.75, 3.05) is 22.9 Å². The predicted octanol–water partition coefficient (Wildman–Crippen LogP) is 7.94. The van der Waals surface area contributed by atoms with Crippen molar-refractivity contribution in [3.63, 3.8) is 0 Å². The lowest BCUT2D eigenvalue weighted by atomic mass is 9.98. The van der Waals surface area contributed by atoms with E-state index in [4.69, 9.17) is 0 Å². The second kappa shape index (κ2) is 10.0. The molecule has 0 saturated carbocycles. The van der Waals surface area contributed by atoms with Gasteiger partial charge in [0.15, 0.2) is 0 Å². The molecule has 0 aliphatic carbocycles. The zero-order valence-corrected chi connectivity index (χ0v) is 20.1. The van der Waals surface area contributed by atoms with Crippen LogP contribution in [0.1, 0.15) is 35.1 Å². The summed E-state index contributed by atoms with van der Waals surface area (Å²) in [6, 6.07) is 39.7. The third-order valence-corrected chi connectivity index (χ3v) is 6.56. The van der Waals surface area contributed by atoms with Gasteiger partial charge in [0, 0.05) is 35.6 Å². The van der Waals surface area contributed by atoms with Gasteiger partial charge in [-0.1, -0.05) is 96.1 Å². The lowest BCUT2D eigenvalue weighted by Gasteiger charge is -2.38. The van der Waals surface area contributed by atoms with Gasteiger partial charge in [-0.15, -0.1) is 0 Å². The summed E-state index contributed by atoms with van der Waals surface area (Å²) in [7, 11) is 0. The van der Waals surface area contributed by atoms with Gasteiger partial charge in [0.25, 0.3) is 0 Å². The van der Waals surface area contributed by atoms with Crippen molar-refractivity contribution in [3.05, 3.63) is 131 Å². The molecule has 1 heterocycles. The van der Waals surface area contributed by atoms with Gasteiger partial charge in [-0.05, 0) is 51.0 Å². The fourth-order valence-electron chi connectivity index (χ4n) is 4.76. The molecule has 0 saturated heterocycles. The minimum atomic E-state index is 0.991. The van der Waals surface area contributed by atoms with E-state index in [9.17, 15) is 0 Å².